The highest BCUT2D eigenvalue weighted by Gasteiger charge is 2.26. The van der Waals surface area contributed by atoms with Crippen molar-refractivity contribution in [3.05, 3.63) is 40.7 Å². The first-order valence-corrected chi connectivity index (χ1v) is 9.45. The van der Waals surface area contributed by atoms with Gasteiger partial charge in [-0.2, -0.15) is 4.98 Å². The first-order valence-electron chi connectivity index (χ1n) is 8.63. The van der Waals surface area contributed by atoms with Crippen LogP contribution in [0.3, 0.4) is 0 Å². The minimum Gasteiger partial charge on any atom is -0.374 e. The maximum absolute atomic E-state index is 12.2. The number of nitrogen functional groups attached to an aromatic ring is 1. The van der Waals surface area contributed by atoms with Crippen LogP contribution in [-0.4, -0.2) is 26.2 Å². The van der Waals surface area contributed by atoms with E-state index in [4.69, 9.17) is 10.3 Å². The highest BCUT2D eigenvalue weighted by Crippen LogP contribution is 2.25. The number of benzene rings is 1. The first-order chi connectivity index (χ1) is 12.8. The lowest BCUT2D eigenvalue weighted by Gasteiger charge is -2.23. The fourth-order valence-corrected chi connectivity index (χ4v) is 3.20. The number of nitrogens with zero attached hydrogens (tertiary/aromatic N) is 4. The molecule has 1 amide bonds. The molecule has 9 heteroatoms. The lowest BCUT2D eigenvalue weighted by atomic mass is 10.1. The molecular formula is C18H22N6O2S. The Labute approximate surface area is 161 Å². The largest absolute Gasteiger partial charge is 0.374 e. The van der Waals surface area contributed by atoms with Gasteiger partial charge in [0.05, 0.1) is 5.54 Å². The topological polar surface area (TPSA) is 120 Å². The highest BCUT2D eigenvalue weighted by molar-refractivity contribution is 7.15. The van der Waals surface area contributed by atoms with Crippen molar-refractivity contribution < 1.29 is 9.32 Å². The van der Waals surface area contributed by atoms with E-state index in [9.17, 15) is 4.79 Å². The van der Waals surface area contributed by atoms with Crippen molar-refractivity contribution in [1.82, 2.24) is 25.7 Å². The number of carbonyl (C=O) groups excluding carboxylic acids is 1. The summed E-state index contributed by atoms with van der Waals surface area (Å²) in [5.41, 5.74) is 7.08. The number of amides is 1. The zero-order chi connectivity index (χ0) is 19.4. The van der Waals surface area contributed by atoms with Crippen molar-refractivity contribution in [3.8, 4) is 11.4 Å². The van der Waals surface area contributed by atoms with Gasteiger partial charge in [-0.15, -0.1) is 10.2 Å². The summed E-state index contributed by atoms with van der Waals surface area (Å²) in [7, 11) is 0. The molecule has 0 atom stereocenters. The molecular weight excluding hydrogens is 364 g/mol. The number of rotatable bonds is 7. The second-order valence-electron chi connectivity index (χ2n) is 6.85. The standard InChI is InChI=1S/C18H22N6O2S/c1-11-7-9-12(10-8-11)15-20-14(26-24-15)6-4-5-13(25)21-18(2,3)16-22-23-17(19)27-16/h7-10H,4-6H2,1-3H3,(H2,19,23)(H,21,25). The summed E-state index contributed by atoms with van der Waals surface area (Å²) in [6.07, 6.45) is 1.49. The number of hydrogen-bond acceptors (Lipinski definition) is 8. The first kappa shape index (κ1) is 19.0. The van der Waals surface area contributed by atoms with E-state index in [1.807, 2.05) is 45.0 Å². The smallest absolute Gasteiger partial charge is 0.226 e. The Hall–Kier alpha value is -2.81. The van der Waals surface area contributed by atoms with Crippen molar-refractivity contribution in [2.75, 3.05) is 5.73 Å². The molecule has 2 heterocycles. The van der Waals surface area contributed by atoms with Crippen molar-refractivity contribution in [1.29, 1.82) is 0 Å². The van der Waals surface area contributed by atoms with Gasteiger partial charge < -0.3 is 15.6 Å². The van der Waals surface area contributed by atoms with Gasteiger partial charge in [-0.25, -0.2) is 0 Å². The Morgan fingerprint density at radius 1 is 1.26 bits per heavy atom. The van der Waals surface area contributed by atoms with Crippen LogP contribution in [0.25, 0.3) is 11.4 Å². The monoisotopic (exact) mass is 386 g/mol. The number of carbonyl (C=O) groups is 1. The van der Waals surface area contributed by atoms with Crippen molar-refractivity contribution in [3.63, 3.8) is 0 Å². The van der Waals surface area contributed by atoms with Crippen LogP contribution in [0, 0.1) is 6.92 Å². The van der Waals surface area contributed by atoms with Crippen LogP contribution >= 0.6 is 11.3 Å². The van der Waals surface area contributed by atoms with Crippen molar-refractivity contribution in [2.24, 2.45) is 0 Å². The number of hydrogen-bond donors (Lipinski definition) is 2. The summed E-state index contributed by atoms with van der Waals surface area (Å²) >= 11 is 1.27. The minimum absolute atomic E-state index is 0.0768. The predicted molar refractivity (Wildman–Crippen MR) is 103 cm³/mol. The molecule has 0 spiro atoms. The Kier molecular flexibility index (Phi) is 5.50. The molecule has 0 aliphatic rings. The number of aromatic nitrogens is 4. The molecule has 0 bridgehead atoms. The summed E-state index contributed by atoms with van der Waals surface area (Å²) < 4.78 is 5.28. The van der Waals surface area contributed by atoms with Crippen LogP contribution in [0.15, 0.2) is 28.8 Å². The Bertz CT molecular complexity index is 916. The van der Waals surface area contributed by atoms with Gasteiger partial charge >= 0.3 is 0 Å². The van der Waals surface area contributed by atoms with Gasteiger partial charge in [0.15, 0.2) is 0 Å². The summed E-state index contributed by atoms with van der Waals surface area (Å²) in [6.45, 7) is 5.77. The van der Waals surface area contributed by atoms with E-state index in [1.54, 1.807) is 0 Å². The zero-order valence-electron chi connectivity index (χ0n) is 15.5. The third kappa shape index (κ3) is 4.88. The molecule has 0 aliphatic heterocycles. The van der Waals surface area contributed by atoms with E-state index in [1.165, 1.54) is 16.9 Å². The van der Waals surface area contributed by atoms with Crippen LogP contribution in [-0.2, 0) is 16.8 Å². The Morgan fingerprint density at radius 3 is 2.67 bits per heavy atom. The van der Waals surface area contributed by atoms with Crippen LogP contribution < -0.4 is 11.1 Å². The molecule has 0 saturated carbocycles. The number of anilines is 1. The van der Waals surface area contributed by atoms with E-state index in [0.29, 0.717) is 41.1 Å². The van der Waals surface area contributed by atoms with Gasteiger partial charge in [0, 0.05) is 18.4 Å². The lowest BCUT2D eigenvalue weighted by Crippen LogP contribution is -2.40. The van der Waals surface area contributed by atoms with Gasteiger partial charge in [-0.3, -0.25) is 4.79 Å². The molecule has 0 saturated heterocycles. The molecule has 3 N–H and O–H groups in total. The quantitative estimate of drug-likeness (QED) is 0.640. The van der Waals surface area contributed by atoms with Crippen LogP contribution in [0.2, 0.25) is 0 Å². The van der Waals surface area contributed by atoms with E-state index in [0.717, 1.165) is 5.56 Å². The van der Waals surface area contributed by atoms with E-state index in [-0.39, 0.29) is 5.91 Å². The fraction of sp³-hybridized carbons (Fsp3) is 0.389. The maximum Gasteiger partial charge on any atom is 0.226 e. The van der Waals surface area contributed by atoms with Crippen molar-refractivity contribution >= 4 is 22.4 Å². The summed E-state index contributed by atoms with van der Waals surface area (Å²) in [4.78, 5) is 16.6. The van der Waals surface area contributed by atoms with Crippen molar-refractivity contribution in [2.45, 2.75) is 45.6 Å². The lowest BCUT2D eigenvalue weighted by molar-refractivity contribution is -0.122. The molecule has 0 unspecified atom stereocenters. The third-order valence-electron chi connectivity index (χ3n) is 4.00. The van der Waals surface area contributed by atoms with Gasteiger partial charge in [0.25, 0.3) is 0 Å². The SMILES string of the molecule is Cc1ccc(-c2noc(CCCC(=O)NC(C)(C)c3nnc(N)s3)n2)cc1. The minimum atomic E-state index is -0.616. The molecule has 2 aromatic heterocycles. The summed E-state index contributed by atoms with van der Waals surface area (Å²) in [5.74, 6) is 1.01. The molecule has 8 nitrogen and oxygen atoms in total. The molecule has 0 radical (unpaired) electrons. The van der Waals surface area contributed by atoms with E-state index >= 15 is 0 Å². The maximum atomic E-state index is 12.2. The van der Waals surface area contributed by atoms with E-state index < -0.39 is 5.54 Å². The highest BCUT2D eigenvalue weighted by atomic mass is 32.1. The van der Waals surface area contributed by atoms with Gasteiger partial charge in [0.1, 0.15) is 5.01 Å². The second kappa shape index (κ2) is 7.83. The second-order valence-corrected chi connectivity index (χ2v) is 7.86. The average Bonchev–Trinajstić information content (AvgIpc) is 3.25. The molecule has 1 aromatic carbocycles. The number of nitrogens with two attached hydrogens (primary N) is 1. The van der Waals surface area contributed by atoms with Crippen LogP contribution in [0.4, 0.5) is 5.13 Å². The molecule has 0 fully saturated rings. The summed E-state index contributed by atoms with van der Waals surface area (Å²) in [6, 6.07) is 7.92. The molecule has 27 heavy (non-hydrogen) atoms. The van der Waals surface area contributed by atoms with Crippen LogP contribution in [0.5, 0.6) is 0 Å². The Balaban J connectivity index is 1.49. The summed E-state index contributed by atoms with van der Waals surface area (Å²) in [5, 5.41) is 15.8. The number of nitrogens with one attached hydrogen (secondary N) is 1. The van der Waals surface area contributed by atoms with Crippen LogP contribution in [0.1, 0.15) is 43.2 Å². The Morgan fingerprint density at radius 2 is 2.00 bits per heavy atom. The van der Waals surface area contributed by atoms with Gasteiger partial charge in [-0.05, 0) is 27.2 Å². The molecule has 142 valence electrons. The normalized spacial score (nSPS) is 11.5. The number of aryl methyl sites for hydroxylation is 2. The van der Waals surface area contributed by atoms with Gasteiger partial charge in [-0.1, -0.05) is 46.3 Å². The zero-order valence-corrected chi connectivity index (χ0v) is 16.3. The van der Waals surface area contributed by atoms with Gasteiger partial charge in [0.2, 0.25) is 22.8 Å². The molecule has 3 aromatic rings. The average molecular weight is 386 g/mol. The third-order valence-corrected chi connectivity index (χ3v) is 5.08. The van der Waals surface area contributed by atoms with E-state index in [2.05, 4.69) is 25.7 Å². The molecule has 0 aliphatic carbocycles. The predicted octanol–water partition coefficient (Wildman–Crippen LogP) is 2.85. The fourth-order valence-electron chi connectivity index (χ4n) is 2.53. The molecule has 3 rings (SSSR count).